The molecule has 21 heavy (non-hydrogen) atoms. The summed E-state index contributed by atoms with van der Waals surface area (Å²) in [5.41, 5.74) is 2.87. The van der Waals surface area contributed by atoms with Crippen molar-refractivity contribution in [1.29, 1.82) is 0 Å². The molecule has 1 unspecified atom stereocenters. The highest BCUT2D eigenvalue weighted by molar-refractivity contribution is 5.29. The molecule has 1 N–H and O–H groups in total. The first-order valence-electron chi connectivity index (χ1n) is 8.75. The molecule has 0 spiro atoms. The van der Waals surface area contributed by atoms with E-state index < -0.39 is 0 Å². The van der Waals surface area contributed by atoms with Crippen molar-refractivity contribution in [3.05, 3.63) is 35.4 Å². The molecule has 1 heterocycles. The molecule has 1 atom stereocenters. The molecule has 2 nitrogen and oxygen atoms in total. The maximum Gasteiger partial charge on any atom is 0.0451 e. The van der Waals surface area contributed by atoms with Crippen molar-refractivity contribution in [3.8, 4) is 0 Å². The monoisotopic (exact) mass is 288 g/mol. The number of likely N-dealkylation sites (tertiary alicyclic amines) is 1. The zero-order valence-corrected chi connectivity index (χ0v) is 14.1. The maximum absolute atomic E-state index is 3.68. The van der Waals surface area contributed by atoms with Gasteiger partial charge in [0.1, 0.15) is 0 Å². The summed E-state index contributed by atoms with van der Waals surface area (Å²) in [7, 11) is 0. The lowest BCUT2D eigenvalue weighted by molar-refractivity contribution is 0.163. The Bertz CT molecular complexity index is 408. The van der Waals surface area contributed by atoms with Crippen LogP contribution in [0.25, 0.3) is 0 Å². The van der Waals surface area contributed by atoms with E-state index >= 15 is 0 Å². The topological polar surface area (TPSA) is 15.3 Å². The van der Waals surface area contributed by atoms with Gasteiger partial charge in [-0.25, -0.2) is 0 Å². The van der Waals surface area contributed by atoms with E-state index in [2.05, 4.69) is 55.3 Å². The Morgan fingerprint density at radius 1 is 1.19 bits per heavy atom. The second kappa shape index (κ2) is 8.55. The molecule has 2 heteroatoms. The second-order valence-electron chi connectivity index (χ2n) is 6.50. The van der Waals surface area contributed by atoms with E-state index in [0.29, 0.717) is 6.04 Å². The number of piperidine rings is 1. The van der Waals surface area contributed by atoms with E-state index in [1.807, 2.05) is 0 Å². The van der Waals surface area contributed by atoms with E-state index in [1.54, 1.807) is 0 Å². The van der Waals surface area contributed by atoms with Crippen molar-refractivity contribution in [3.63, 3.8) is 0 Å². The molecule has 118 valence electrons. The van der Waals surface area contributed by atoms with Crippen LogP contribution in [0.2, 0.25) is 0 Å². The van der Waals surface area contributed by atoms with Gasteiger partial charge in [-0.2, -0.15) is 0 Å². The van der Waals surface area contributed by atoms with Crippen LogP contribution in [0.1, 0.15) is 56.7 Å². The third-order valence-corrected chi connectivity index (χ3v) is 4.86. The quantitative estimate of drug-likeness (QED) is 0.810. The molecule has 0 aliphatic carbocycles. The number of nitrogens with zero attached hydrogens (tertiary/aromatic N) is 1. The summed E-state index contributed by atoms with van der Waals surface area (Å²) in [4.78, 5) is 2.66. The van der Waals surface area contributed by atoms with Crippen LogP contribution in [0.4, 0.5) is 0 Å². The highest BCUT2D eigenvalue weighted by Gasteiger charge is 2.22. The fourth-order valence-electron chi connectivity index (χ4n) is 3.62. The van der Waals surface area contributed by atoms with E-state index in [-0.39, 0.29) is 0 Å². The van der Waals surface area contributed by atoms with E-state index in [0.717, 1.165) is 19.0 Å². The zero-order chi connectivity index (χ0) is 15.1. The van der Waals surface area contributed by atoms with Crippen LogP contribution in [0.3, 0.4) is 0 Å². The van der Waals surface area contributed by atoms with Gasteiger partial charge in [-0.05, 0) is 56.4 Å². The van der Waals surface area contributed by atoms with Gasteiger partial charge in [0.25, 0.3) is 0 Å². The number of hydrogen-bond donors (Lipinski definition) is 1. The Kier molecular flexibility index (Phi) is 6.72. The molecular formula is C19H32N2. The molecular weight excluding hydrogens is 256 g/mol. The van der Waals surface area contributed by atoms with Gasteiger partial charge in [0.05, 0.1) is 0 Å². The minimum atomic E-state index is 0.471. The Hall–Kier alpha value is -0.860. The minimum absolute atomic E-state index is 0.471. The molecule has 0 bridgehead atoms. The predicted molar refractivity (Wildman–Crippen MR) is 91.7 cm³/mol. The molecule has 0 aromatic heterocycles. The van der Waals surface area contributed by atoms with Crippen LogP contribution in [0.5, 0.6) is 0 Å². The van der Waals surface area contributed by atoms with Crippen molar-refractivity contribution in [2.24, 2.45) is 5.92 Å². The van der Waals surface area contributed by atoms with E-state index in [1.165, 1.54) is 49.9 Å². The van der Waals surface area contributed by atoms with Crippen molar-refractivity contribution < 1.29 is 0 Å². The first-order chi connectivity index (χ1) is 10.2. The first-order valence-corrected chi connectivity index (χ1v) is 8.75. The molecule has 1 saturated heterocycles. The standard InChI is InChI=1S/C19H32N2/c1-4-8-17-11-13-21(14-12-17)15-19(20-5-2)18-10-7-6-9-16(18)3/h6-7,9-10,17,19-20H,4-5,8,11-15H2,1-3H3. The number of hydrogen-bond acceptors (Lipinski definition) is 2. The second-order valence-corrected chi connectivity index (χ2v) is 6.50. The SMILES string of the molecule is CCCC1CCN(CC(NCC)c2ccccc2C)CC1. The number of rotatable bonds is 7. The number of aryl methyl sites for hydroxylation is 1. The third kappa shape index (κ3) is 4.82. The van der Waals surface area contributed by atoms with Crippen molar-refractivity contribution in [2.75, 3.05) is 26.2 Å². The summed E-state index contributed by atoms with van der Waals surface area (Å²) in [6.07, 6.45) is 5.54. The molecule has 1 aromatic rings. The lowest BCUT2D eigenvalue weighted by Crippen LogP contribution is -2.40. The predicted octanol–water partition coefficient (Wildman–Crippen LogP) is 4.16. The van der Waals surface area contributed by atoms with Crippen LogP contribution in [0.15, 0.2) is 24.3 Å². The number of likely N-dealkylation sites (N-methyl/N-ethyl adjacent to an activating group) is 1. The highest BCUT2D eigenvalue weighted by Crippen LogP contribution is 2.24. The minimum Gasteiger partial charge on any atom is -0.309 e. The van der Waals surface area contributed by atoms with Gasteiger partial charge < -0.3 is 10.2 Å². The van der Waals surface area contributed by atoms with Gasteiger partial charge in [-0.3, -0.25) is 0 Å². The smallest absolute Gasteiger partial charge is 0.0451 e. The summed E-state index contributed by atoms with van der Waals surface area (Å²) in [5, 5.41) is 3.68. The molecule has 0 radical (unpaired) electrons. The highest BCUT2D eigenvalue weighted by atomic mass is 15.2. The first kappa shape index (κ1) is 16.5. The summed E-state index contributed by atoms with van der Waals surface area (Å²) >= 11 is 0. The van der Waals surface area contributed by atoms with Crippen molar-refractivity contribution in [2.45, 2.75) is 52.5 Å². The molecule has 1 aliphatic heterocycles. The summed E-state index contributed by atoms with van der Waals surface area (Å²) in [5.74, 6) is 0.974. The average Bonchev–Trinajstić information content (AvgIpc) is 2.50. The number of nitrogens with one attached hydrogen (secondary N) is 1. The summed E-state index contributed by atoms with van der Waals surface area (Å²) in [6.45, 7) is 11.5. The lowest BCUT2D eigenvalue weighted by atomic mass is 9.92. The van der Waals surface area contributed by atoms with Gasteiger partial charge in [-0.15, -0.1) is 0 Å². The fourth-order valence-corrected chi connectivity index (χ4v) is 3.62. The van der Waals surface area contributed by atoms with Crippen LogP contribution in [-0.4, -0.2) is 31.1 Å². The Labute approximate surface area is 130 Å². The average molecular weight is 288 g/mol. The van der Waals surface area contributed by atoms with Crippen LogP contribution in [-0.2, 0) is 0 Å². The van der Waals surface area contributed by atoms with Gasteiger partial charge in [-0.1, -0.05) is 51.0 Å². The summed E-state index contributed by atoms with van der Waals surface area (Å²) < 4.78 is 0. The van der Waals surface area contributed by atoms with Crippen LogP contribution < -0.4 is 5.32 Å². The Balaban J connectivity index is 1.93. The van der Waals surface area contributed by atoms with E-state index in [9.17, 15) is 0 Å². The lowest BCUT2D eigenvalue weighted by Gasteiger charge is -2.35. The van der Waals surface area contributed by atoms with Crippen LogP contribution >= 0.6 is 0 Å². The Morgan fingerprint density at radius 2 is 1.90 bits per heavy atom. The van der Waals surface area contributed by atoms with Gasteiger partial charge in [0, 0.05) is 12.6 Å². The third-order valence-electron chi connectivity index (χ3n) is 4.86. The molecule has 2 rings (SSSR count). The maximum atomic E-state index is 3.68. The van der Waals surface area contributed by atoms with Gasteiger partial charge >= 0.3 is 0 Å². The Morgan fingerprint density at radius 3 is 2.52 bits per heavy atom. The summed E-state index contributed by atoms with van der Waals surface area (Å²) in [6, 6.07) is 9.29. The van der Waals surface area contributed by atoms with Crippen LogP contribution in [0, 0.1) is 12.8 Å². The molecule has 0 amide bonds. The largest absolute Gasteiger partial charge is 0.309 e. The number of benzene rings is 1. The normalized spacial score (nSPS) is 18.8. The van der Waals surface area contributed by atoms with Crippen molar-refractivity contribution in [1.82, 2.24) is 10.2 Å². The molecule has 0 saturated carbocycles. The molecule has 1 aromatic carbocycles. The van der Waals surface area contributed by atoms with Crippen molar-refractivity contribution >= 4 is 0 Å². The van der Waals surface area contributed by atoms with Gasteiger partial charge in [0.2, 0.25) is 0 Å². The fraction of sp³-hybridized carbons (Fsp3) is 0.684. The molecule has 1 fully saturated rings. The molecule has 1 aliphatic rings. The van der Waals surface area contributed by atoms with Gasteiger partial charge in [0.15, 0.2) is 0 Å². The zero-order valence-electron chi connectivity index (χ0n) is 14.1. The van der Waals surface area contributed by atoms with E-state index in [4.69, 9.17) is 0 Å².